The molecule has 3 heterocycles. The number of likely N-dealkylation sites (N-methyl/N-ethyl adjacent to an activating group) is 1. The Balaban J connectivity index is 1.41. The quantitative estimate of drug-likeness (QED) is 0.276. The molecular formula is C24H22N6O4. The Hall–Kier alpha value is -4.31. The zero-order chi connectivity index (χ0) is 23.8. The van der Waals surface area contributed by atoms with Gasteiger partial charge in [0.15, 0.2) is 11.4 Å². The van der Waals surface area contributed by atoms with Gasteiger partial charge in [0.05, 0.1) is 21.7 Å². The van der Waals surface area contributed by atoms with Gasteiger partial charge in [-0.15, -0.1) is 0 Å². The molecule has 5 rings (SSSR count). The highest BCUT2D eigenvalue weighted by Gasteiger charge is 2.20. The van der Waals surface area contributed by atoms with E-state index in [4.69, 9.17) is 0 Å². The van der Waals surface area contributed by atoms with Crippen molar-refractivity contribution in [3.05, 3.63) is 82.2 Å². The predicted octanol–water partition coefficient (Wildman–Crippen LogP) is 2.99. The van der Waals surface area contributed by atoms with E-state index in [1.54, 1.807) is 0 Å². The van der Waals surface area contributed by atoms with Crippen molar-refractivity contribution in [2.45, 2.75) is 0 Å². The number of aromatic hydroxyl groups is 1. The van der Waals surface area contributed by atoms with Crippen LogP contribution in [-0.2, 0) is 0 Å². The number of non-ortho nitro benzene ring substituents is 1. The number of hydrogen-bond acceptors (Lipinski definition) is 8. The van der Waals surface area contributed by atoms with Gasteiger partial charge in [0.1, 0.15) is 5.75 Å². The average Bonchev–Trinajstić information content (AvgIpc) is 3.28. The fraction of sp³-hybridized carbons (Fsp3) is 0.208. The highest BCUT2D eigenvalue weighted by Crippen LogP contribution is 2.27. The fourth-order valence-electron chi connectivity index (χ4n) is 4.02. The van der Waals surface area contributed by atoms with Crippen molar-refractivity contribution in [1.29, 1.82) is 0 Å². The number of nitro groups is 1. The summed E-state index contributed by atoms with van der Waals surface area (Å²) in [6.45, 7) is 4.06. The number of aromatic nitrogens is 3. The molecule has 0 saturated carbocycles. The first-order valence-electron chi connectivity index (χ1n) is 10.8. The minimum atomic E-state index is -0.619. The lowest BCUT2D eigenvalue weighted by Crippen LogP contribution is -2.44. The lowest BCUT2D eigenvalue weighted by Gasteiger charge is -2.34. The summed E-state index contributed by atoms with van der Waals surface area (Å²) in [5.74, 6) is -0.915. The third-order valence-electron chi connectivity index (χ3n) is 6.04. The van der Waals surface area contributed by atoms with E-state index in [0.29, 0.717) is 11.3 Å². The molecular weight excluding hydrogens is 436 g/mol. The number of nitro benzene ring substituents is 1. The Morgan fingerprint density at radius 2 is 1.79 bits per heavy atom. The maximum atomic E-state index is 12.9. The zero-order valence-corrected chi connectivity index (χ0v) is 18.5. The van der Waals surface area contributed by atoms with Gasteiger partial charge in [0, 0.05) is 68.0 Å². The minimum absolute atomic E-state index is 0.156. The largest absolute Gasteiger partial charge is 0.507 e. The number of phenolic OH excluding ortho intramolecular Hbond substituents is 1. The molecule has 34 heavy (non-hydrogen) atoms. The van der Waals surface area contributed by atoms with Gasteiger partial charge in [-0.1, -0.05) is 12.1 Å². The van der Waals surface area contributed by atoms with Crippen LogP contribution in [-0.4, -0.2) is 68.5 Å². The van der Waals surface area contributed by atoms with Crippen molar-refractivity contribution in [2.75, 3.05) is 38.1 Å². The first-order valence-corrected chi connectivity index (χ1v) is 10.8. The number of rotatable bonds is 5. The van der Waals surface area contributed by atoms with Crippen LogP contribution in [0.5, 0.6) is 5.75 Å². The molecule has 0 atom stereocenters. The van der Waals surface area contributed by atoms with Gasteiger partial charge < -0.3 is 14.9 Å². The van der Waals surface area contributed by atoms with E-state index in [2.05, 4.69) is 39.1 Å². The number of carbonyl (C=O) groups is 1. The van der Waals surface area contributed by atoms with Crippen LogP contribution in [0.4, 0.5) is 11.4 Å². The topological polar surface area (TPSA) is 117 Å². The van der Waals surface area contributed by atoms with Crippen LogP contribution in [0.2, 0.25) is 0 Å². The summed E-state index contributed by atoms with van der Waals surface area (Å²) in [4.78, 5) is 32.3. The van der Waals surface area contributed by atoms with Gasteiger partial charge in [-0.25, -0.2) is 9.50 Å². The number of carbonyl (C=O) groups excluding carboxylic acids is 1. The SMILES string of the molecule is CN1CCN(c2ccc(-c3cc4ncc(C(=O)c5cc([N+](=O)[O-])ccc5O)cn4n3)cc2)CC1. The Bertz CT molecular complexity index is 1390. The molecule has 0 spiro atoms. The number of anilines is 1. The number of ketones is 1. The summed E-state index contributed by atoms with van der Waals surface area (Å²) in [6, 6.07) is 13.3. The lowest BCUT2D eigenvalue weighted by atomic mass is 10.0. The number of hydrogen-bond donors (Lipinski definition) is 1. The number of nitrogens with zero attached hydrogens (tertiary/aromatic N) is 6. The molecule has 2 aromatic heterocycles. The van der Waals surface area contributed by atoms with E-state index in [1.807, 2.05) is 18.2 Å². The fourth-order valence-corrected chi connectivity index (χ4v) is 4.02. The summed E-state index contributed by atoms with van der Waals surface area (Å²) in [7, 11) is 2.13. The van der Waals surface area contributed by atoms with Gasteiger partial charge in [-0.3, -0.25) is 14.9 Å². The Morgan fingerprint density at radius 1 is 1.06 bits per heavy atom. The smallest absolute Gasteiger partial charge is 0.270 e. The monoisotopic (exact) mass is 458 g/mol. The van der Waals surface area contributed by atoms with E-state index in [0.717, 1.165) is 49.9 Å². The van der Waals surface area contributed by atoms with Crippen molar-refractivity contribution in [3.8, 4) is 17.0 Å². The number of fused-ring (bicyclic) bond motifs is 1. The summed E-state index contributed by atoms with van der Waals surface area (Å²) in [5.41, 5.74) is 3.07. The molecule has 0 bridgehead atoms. The van der Waals surface area contributed by atoms with Crippen LogP contribution >= 0.6 is 0 Å². The average molecular weight is 458 g/mol. The third-order valence-corrected chi connectivity index (χ3v) is 6.04. The van der Waals surface area contributed by atoms with Crippen LogP contribution in [0.25, 0.3) is 16.9 Å². The molecule has 172 valence electrons. The molecule has 1 saturated heterocycles. The molecule has 1 aliphatic heterocycles. The lowest BCUT2D eigenvalue weighted by molar-refractivity contribution is -0.384. The van der Waals surface area contributed by atoms with Gasteiger partial charge in [-0.05, 0) is 25.2 Å². The maximum absolute atomic E-state index is 12.9. The third kappa shape index (κ3) is 4.06. The highest BCUT2D eigenvalue weighted by molar-refractivity contribution is 6.10. The van der Waals surface area contributed by atoms with Crippen molar-refractivity contribution in [3.63, 3.8) is 0 Å². The van der Waals surface area contributed by atoms with E-state index >= 15 is 0 Å². The second-order valence-corrected chi connectivity index (χ2v) is 8.30. The van der Waals surface area contributed by atoms with Gasteiger partial charge >= 0.3 is 0 Å². The van der Waals surface area contributed by atoms with Crippen molar-refractivity contribution >= 4 is 22.8 Å². The van der Waals surface area contributed by atoms with E-state index in [-0.39, 0.29) is 22.6 Å². The predicted molar refractivity (Wildman–Crippen MR) is 126 cm³/mol. The summed E-state index contributed by atoms with van der Waals surface area (Å²) in [6.07, 6.45) is 2.88. The number of piperazine rings is 1. The van der Waals surface area contributed by atoms with E-state index in [9.17, 15) is 20.0 Å². The summed E-state index contributed by atoms with van der Waals surface area (Å²) >= 11 is 0. The maximum Gasteiger partial charge on any atom is 0.270 e. The molecule has 1 fully saturated rings. The van der Waals surface area contributed by atoms with Gasteiger partial charge in [-0.2, -0.15) is 5.10 Å². The van der Waals surface area contributed by atoms with Crippen molar-refractivity contribution < 1.29 is 14.8 Å². The number of benzene rings is 2. The molecule has 4 aromatic rings. The van der Waals surface area contributed by atoms with Crippen molar-refractivity contribution in [1.82, 2.24) is 19.5 Å². The second kappa shape index (κ2) is 8.56. The molecule has 2 aromatic carbocycles. The first kappa shape index (κ1) is 21.5. The van der Waals surface area contributed by atoms with Crippen LogP contribution < -0.4 is 4.90 Å². The normalized spacial score (nSPS) is 14.4. The molecule has 10 nitrogen and oxygen atoms in total. The Labute approximate surface area is 194 Å². The van der Waals surface area contributed by atoms with E-state index in [1.165, 1.54) is 22.6 Å². The second-order valence-electron chi connectivity index (χ2n) is 8.30. The van der Waals surface area contributed by atoms with Crippen LogP contribution in [0.3, 0.4) is 0 Å². The molecule has 0 unspecified atom stereocenters. The molecule has 0 radical (unpaired) electrons. The van der Waals surface area contributed by atoms with Crippen LogP contribution in [0, 0.1) is 10.1 Å². The molecule has 1 aliphatic rings. The van der Waals surface area contributed by atoms with E-state index < -0.39 is 10.7 Å². The number of phenols is 1. The minimum Gasteiger partial charge on any atom is -0.507 e. The zero-order valence-electron chi connectivity index (χ0n) is 18.5. The first-order chi connectivity index (χ1) is 16.4. The van der Waals surface area contributed by atoms with Crippen LogP contribution in [0.15, 0.2) is 60.9 Å². The highest BCUT2D eigenvalue weighted by atomic mass is 16.6. The standard InChI is InChI=1S/C24H22N6O4/c1-27-8-10-28(11-9-27)18-4-2-16(3-5-18)21-13-23-25-14-17(15-29(23)26-21)24(32)20-12-19(30(33)34)6-7-22(20)31/h2-7,12-15,31H,8-11H2,1H3. The van der Waals surface area contributed by atoms with Gasteiger partial charge in [0.2, 0.25) is 0 Å². The molecule has 0 aliphatic carbocycles. The Morgan fingerprint density at radius 3 is 2.50 bits per heavy atom. The molecule has 10 heteroatoms. The summed E-state index contributed by atoms with van der Waals surface area (Å²) in [5, 5.41) is 25.6. The Kier molecular flexibility index (Phi) is 5.42. The van der Waals surface area contributed by atoms with Crippen LogP contribution in [0.1, 0.15) is 15.9 Å². The molecule has 1 N–H and O–H groups in total. The van der Waals surface area contributed by atoms with Gasteiger partial charge in [0.25, 0.3) is 5.69 Å². The summed E-state index contributed by atoms with van der Waals surface area (Å²) < 4.78 is 1.49. The van der Waals surface area contributed by atoms with Crippen molar-refractivity contribution in [2.24, 2.45) is 0 Å². The molecule has 0 amide bonds.